The Kier molecular flexibility index (Phi) is 4.37. The highest BCUT2D eigenvalue weighted by molar-refractivity contribution is 6.01. The van der Waals surface area contributed by atoms with E-state index >= 15 is 0 Å². The van der Waals surface area contributed by atoms with Crippen LogP contribution in [0.3, 0.4) is 0 Å². The van der Waals surface area contributed by atoms with Crippen LogP contribution in [0.4, 0.5) is 5.69 Å². The fourth-order valence-corrected chi connectivity index (χ4v) is 2.36. The van der Waals surface area contributed by atoms with E-state index in [0.717, 1.165) is 5.56 Å². The summed E-state index contributed by atoms with van der Waals surface area (Å²) in [6, 6.07) is 11.7. The van der Waals surface area contributed by atoms with Crippen LogP contribution >= 0.6 is 0 Å². The van der Waals surface area contributed by atoms with Gasteiger partial charge in [-0.05, 0) is 38.1 Å². The first-order valence-corrected chi connectivity index (χ1v) is 7.61. The SMILES string of the molecule is Cc1cccc(C(=O)NC(C)C(=O)Nc2ccc3c(c2)OCO3)c1. The van der Waals surface area contributed by atoms with Gasteiger partial charge in [0.05, 0.1) is 0 Å². The molecule has 3 rings (SSSR count). The fourth-order valence-electron chi connectivity index (χ4n) is 2.36. The van der Waals surface area contributed by atoms with Gasteiger partial charge in [0.2, 0.25) is 12.7 Å². The summed E-state index contributed by atoms with van der Waals surface area (Å²) in [5.74, 6) is 0.639. The van der Waals surface area contributed by atoms with Crippen molar-refractivity contribution >= 4 is 17.5 Å². The van der Waals surface area contributed by atoms with Crippen LogP contribution < -0.4 is 20.1 Å². The Labute approximate surface area is 139 Å². The molecular formula is C18H18N2O4. The minimum absolute atomic E-state index is 0.176. The largest absolute Gasteiger partial charge is 0.454 e. The lowest BCUT2D eigenvalue weighted by Crippen LogP contribution is -2.41. The Bertz CT molecular complexity index is 788. The Hall–Kier alpha value is -3.02. The normalized spacial score (nSPS) is 13.2. The van der Waals surface area contributed by atoms with Crippen LogP contribution in [0.15, 0.2) is 42.5 Å². The number of amides is 2. The van der Waals surface area contributed by atoms with E-state index in [1.165, 1.54) is 0 Å². The maximum Gasteiger partial charge on any atom is 0.251 e. The molecule has 1 atom stereocenters. The zero-order valence-corrected chi connectivity index (χ0v) is 13.5. The molecule has 0 aliphatic carbocycles. The standard InChI is InChI=1S/C18H18N2O4/c1-11-4-3-5-13(8-11)18(22)19-12(2)17(21)20-14-6-7-15-16(9-14)24-10-23-15/h3-9,12H,10H2,1-2H3,(H,19,22)(H,20,21). The molecule has 1 heterocycles. The number of carbonyl (C=O) groups is 2. The molecule has 2 aromatic carbocycles. The average Bonchev–Trinajstić information content (AvgIpc) is 3.02. The van der Waals surface area contributed by atoms with E-state index in [1.54, 1.807) is 37.3 Å². The lowest BCUT2D eigenvalue weighted by molar-refractivity contribution is -0.117. The molecule has 6 heteroatoms. The number of benzene rings is 2. The number of ether oxygens (including phenoxy) is 2. The number of hydrogen-bond acceptors (Lipinski definition) is 4. The summed E-state index contributed by atoms with van der Waals surface area (Å²) in [6.07, 6.45) is 0. The molecule has 1 unspecified atom stereocenters. The van der Waals surface area contributed by atoms with Gasteiger partial charge in [0.1, 0.15) is 6.04 Å². The number of anilines is 1. The molecule has 6 nitrogen and oxygen atoms in total. The molecule has 24 heavy (non-hydrogen) atoms. The monoisotopic (exact) mass is 326 g/mol. The quantitative estimate of drug-likeness (QED) is 0.905. The number of nitrogens with one attached hydrogen (secondary N) is 2. The second-order valence-electron chi connectivity index (χ2n) is 5.62. The van der Waals surface area contributed by atoms with Gasteiger partial charge in [0.15, 0.2) is 11.5 Å². The molecule has 0 radical (unpaired) electrons. The third-order valence-electron chi connectivity index (χ3n) is 3.66. The second kappa shape index (κ2) is 6.62. The summed E-state index contributed by atoms with van der Waals surface area (Å²) in [7, 11) is 0. The molecule has 2 N–H and O–H groups in total. The minimum Gasteiger partial charge on any atom is -0.454 e. The maximum absolute atomic E-state index is 12.2. The Balaban J connectivity index is 1.61. The van der Waals surface area contributed by atoms with Gasteiger partial charge in [-0.1, -0.05) is 17.7 Å². The van der Waals surface area contributed by atoms with Gasteiger partial charge in [0, 0.05) is 17.3 Å². The molecule has 2 aromatic rings. The summed E-state index contributed by atoms with van der Waals surface area (Å²) in [5, 5.41) is 5.44. The van der Waals surface area contributed by atoms with Crippen molar-refractivity contribution in [3.8, 4) is 11.5 Å². The van der Waals surface area contributed by atoms with E-state index in [-0.39, 0.29) is 18.6 Å². The van der Waals surface area contributed by atoms with Gasteiger partial charge < -0.3 is 20.1 Å². The lowest BCUT2D eigenvalue weighted by atomic mass is 10.1. The first kappa shape index (κ1) is 15.9. The predicted molar refractivity (Wildman–Crippen MR) is 89.3 cm³/mol. The predicted octanol–water partition coefficient (Wildman–Crippen LogP) is 2.48. The van der Waals surface area contributed by atoms with Crippen molar-refractivity contribution in [1.82, 2.24) is 5.32 Å². The minimum atomic E-state index is -0.677. The highest BCUT2D eigenvalue weighted by Crippen LogP contribution is 2.34. The van der Waals surface area contributed by atoms with Gasteiger partial charge in [-0.3, -0.25) is 9.59 Å². The fraction of sp³-hybridized carbons (Fsp3) is 0.222. The third kappa shape index (κ3) is 3.48. The lowest BCUT2D eigenvalue weighted by Gasteiger charge is -2.14. The van der Waals surface area contributed by atoms with Crippen LogP contribution in [0.2, 0.25) is 0 Å². The summed E-state index contributed by atoms with van der Waals surface area (Å²) in [6.45, 7) is 3.72. The summed E-state index contributed by atoms with van der Waals surface area (Å²) in [5.41, 5.74) is 2.10. The molecule has 0 bridgehead atoms. The highest BCUT2D eigenvalue weighted by atomic mass is 16.7. The number of fused-ring (bicyclic) bond motifs is 1. The van der Waals surface area contributed by atoms with Crippen molar-refractivity contribution in [3.05, 3.63) is 53.6 Å². The average molecular weight is 326 g/mol. The smallest absolute Gasteiger partial charge is 0.251 e. The molecule has 124 valence electrons. The van der Waals surface area contributed by atoms with Gasteiger partial charge in [0.25, 0.3) is 5.91 Å². The van der Waals surface area contributed by atoms with E-state index in [0.29, 0.717) is 22.7 Å². The first-order valence-electron chi connectivity index (χ1n) is 7.61. The van der Waals surface area contributed by atoms with Crippen LogP contribution in [0.5, 0.6) is 11.5 Å². The Morgan fingerprint density at radius 2 is 1.88 bits per heavy atom. The van der Waals surface area contributed by atoms with Crippen molar-refractivity contribution in [2.24, 2.45) is 0 Å². The zero-order valence-electron chi connectivity index (χ0n) is 13.5. The topological polar surface area (TPSA) is 76.7 Å². The van der Waals surface area contributed by atoms with Gasteiger partial charge in [-0.25, -0.2) is 0 Å². The van der Waals surface area contributed by atoms with Crippen molar-refractivity contribution < 1.29 is 19.1 Å². The Morgan fingerprint density at radius 1 is 1.08 bits per heavy atom. The highest BCUT2D eigenvalue weighted by Gasteiger charge is 2.18. The molecule has 1 aliphatic heterocycles. The van der Waals surface area contributed by atoms with Gasteiger partial charge in [-0.2, -0.15) is 0 Å². The zero-order chi connectivity index (χ0) is 17.1. The summed E-state index contributed by atoms with van der Waals surface area (Å²) in [4.78, 5) is 24.4. The van der Waals surface area contributed by atoms with Crippen LogP contribution in [0.25, 0.3) is 0 Å². The van der Waals surface area contributed by atoms with Gasteiger partial charge >= 0.3 is 0 Å². The number of rotatable bonds is 4. The van der Waals surface area contributed by atoms with E-state index in [9.17, 15) is 9.59 Å². The number of aryl methyl sites for hydroxylation is 1. The van der Waals surface area contributed by atoms with E-state index < -0.39 is 6.04 Å². The van der Waals surface area contributed by atoms with Crippen molar-refractivity contribution in [2.75, 3.05) is 12.1 Å². The third-order valence-corrected chi connectivity index (χ3v) is 3.66. The summed E-state index contributed by atoms with van der Waals surface area (Å²) < 4.78 is 10.5. The number of carbonyl (C=O) groups excluding carboxylic acids is 2. The molecule has 0 aromatic heterocycles. The van der Waals surface area contributed by atoms with E-state index in [4.69, 9.17) is 9.47 Å². The van der Waals surface area contributed by atoms with Crippen LogP contribution in [0.1, 0.15) is 22.8 Å². The second-order valence-corrected chi connectivity index (χ2v) is 5.62. The summed E-state index contributed by atoms with van der Waals surface area (Å²) >= 11 is 0. The van der Waals surface area contributed by atoms with Crippen molar-refractivity contribution in [1.29, 1.82) is 0 Å². The molecule has 0 spiro atoms. The van der Waals surface area contributed by atoms with E-state index in [1.807, 2.05) is 19.1 Å². The van der Waals surface area contributed by atoms with Crippen LogP contribution in [0, 0.1) is 6.92 Å². The van der Waals surface area contributed by atoms with Crippen LogP contribution in [-0.4, -0.2) is 24.6 Å². The maximum atomic E-state index is 12.2. The first-order chi connectivity index (χ1) is 11.5. The number of hydrogen-bond donors (Lipinski definition) is 2. The van der Waals surface area contributed by atoms with E-state index in [2.05, 4.69) is 10.6 Å². The van der Waals surface area contributed by atoms with Gasteiger partial charge in [-0.15, -0.1) is 0 Å². The molecule has 1 aliphatic rings. The molecule has 0 saturated carbocycles. The van der Waals surface area contributed by atoms with Crippen molar-refractivity contribution in [3.63, 3.8) is 0 Å². The van der Waals surface area contributed by atoms with Crippen molar-refractivity contribution in [2.45, 2.75) is 19.9 Å². The Morgan fingerprint density at radius 3 is 2.67 bits per heavy atom. The molecule has 2 amide bonds. The molecule has 0 fully saturated rings. The van der Waals surface area contributed by atoms with Crippen LogP contribution in [-0.2, 0) is 4.79 Å². The molecular weight excluding hydrogens is 308 g/mol. The molecule has 0 saturated heterocycles.